The van der Waals surface area contributed by atoms with Gasteiger partial charge in [-0.3, -0.25) is 4.40 Å². The number of hydrogen-bond donors (Lipinski definition) is 0. The number of anilines is 2. The molecule has 0 bridgehead atoms. The Labute approximate surface area is 146 Å². The first-order chi connectivity index (χ1) is 12.1. The molecule has 1 saturated heterocycles. The lowest BCUT2D eigenvalue weighted by molar-refractivity contribution is 0.640. The zero-order valence-electron chi connectivity index (χ0n) is 14.8. The van der Waals surface area contributed by atoms with Crippen LogP contribution in [-0.4, -0.2) is 55.7 Å². The van der Waals surface area contributed by atoms with Gasteiger partial charge in [-0.1, -0.05) is 13.8 Å². The Morgan fingerprint density at radius 2 is 1.72 bits per heavy atom. The zero-order chi connectivity index (χ0) is 17.4. The number of fused-ring (bicyclic) bond motifs is 1. The molecule has 0 aromatic carbocycles. The molecule has 0 aliphatic carbocycles. The Hall–Kier alpha value is -2.77. The van der Waals surface area contributed by atoms with Gasteiger partial charge in [-0.2, -0.15) is 0 Å². The van der Waals surface area contributed by atoms with Crippen LogP contribution in [0, 0.1) is 6.92 Å². The summed E-state index contributed by atoms with van der Waals surface area (Å²) in [7, 11) is 0. The van der Waals surface area contributed by atoms with Gasteiger partial charge in [-0.25, -0.2) is 15.0 Å². The van der Waals surface area contributed by atoms with Gasteiger partial charge in [0.2, 0.25) is 5.65 Å². The largest absolute Gasteiger partial charge is 0.353 e. The molecule has 0 saturated carbocycles. The molecule has 130 valence electrons. The smallest absolute Gasteiger partial charge is 0.203 e. The predicted molar refractivity (Wildman–Crippen MR) is 96.1 cm³/mol. The summed E-state index contributed by atoms with van der Waals surface area (Å²) in [5, 5.41) is 8.72. The lowest BCUT2D eigenvalue weighted by Gasteiger charge is -2.35. The van der Waals surface area contributed by atoms with Gasteiger partial charge in [0.25, 0.3) is 0 Å². The molecular formula is C17H22N8. The van der Waals surface area contributed by atoms with Crippen LogP contribution in [0.15, 0.2) is 24.7 Å². The van der Waals surface area contributed by atoms with Crippen LogP contribution in [0.3, 0.4) is 0 Å². The molecule has 0 unspecified atom stereocenters. The summed E-state index contributed by atoms with van der Waals surface area (Å²) in [6.07, 6.45) is 5.59. The van der Waals surface area contributed by atoms with E-state index in [1.54, 1.807) is 0 Å². The monoisotopic (exact) mass is 338 g/mol. The number of rotatable bonds is 3. The number of hydrogen-bond acceptors (Lipinski definition) is 7. The highest BCUT2D eigenvalue weighted by molar-refractivity contribution is 5.64. The fourth-order valence-electron chi connectivity index (χ4n) is 3.22. The van der Waals surface area contributed by atoms with Crippen molar-refractivity contribution in [2.24, 2.45) is 0 Å². The summed E-state index contributed by atoms with van der Waals surface area (Å²) >= 11 is 0. The highest BCUT2D eigenvalue weighted by atomic mass is 15.3. The van der Waals surface area contributed by atoms with E-state index in [-0.39, 0.29) is 0 Å². The fraction of sp³-hybridized carbons (Fsp3) is 0.471. The van der Waals surface area contributed by atoms with Crippen molar-refractivity contribution >= 4 is 17.3 Å². The van der Waals surface area contributed by atoms with Gasteiger partial charge in [0.05, 0.1) is 0 Å². The summed E-state index contributed by atoms with van der Waals surface area (Å²) in [6, 6.07) is 1.97. The molecule has 1 fully saturated rings. The number of aromatic nitrogens is 6. The Morgan fingerprint density at radius 3 is 2.44 bits per heavy atom. The molecule has 8 nitrogen and oxygen atoms in total. The molecule has 1 aliphatic heterocycles. The summed E-state index contributed by atoms with van der Waals surface area (Å²) in [6.45, 7) is 9.70. The average molecular weight is 338 g/mol. The second-order valence-corrected chi connectivity index (χ2v) is 6.59. The van der Waals surface area contributed by atoms with E-state index >= 15 is 0 Å². The van der Waals surface area contributed by atoms with Crippen molar-refractivity contribution in [3.63, 3.8) is 0 Å². The van der Waals surface area contributed by atoms with E-state index < -0.39 is 0 Å². The minimum atomic E-state index is 0.322. The van der Waals surface area contributed by atoms with Gasteiger partial charge in [0.1, 0.15) is 17.5 Å². The first-order valence-electron chi connectivity index (χ1n) is 8.62. The standard InChI is InChI=1S/C17H22N8/c1-12(2)15-21-22-17-16(19-6-7-25(15)17)24-10-8-23(9-11-24)14-4-5-18-13(3)20-14/h4-7,12H,8-11H2,1-3H3. The number of piperazine rings is 1. The lowest BCUT2D eigenvalue weighted by Crippen LogP contribution is -2.47. The minimum Gasteiger partial charge on any atom is -0.353 e. The van der Waals surface area contributed by atoms with E-state index in [0.29, 0.717) is 5.92 Å². The van der Waals surface area contributed by atoms with Gasteiger partial charge in [0, 0.05) is 50.7 Å². The minimum absolute atomic E-state index is 0.322. The summed E-state index contributed by atoms with van der Waals surface area (Å²) in [5.41, 5.74) is 0.831. The van der Waals surface area contributed by atoms with Gasteiger partial charge in [0.15, 0.2) is 5.82 Å². The molecule has 0 atom stereocenters. The van der Waals surface area contributed by atoms with Crippen LogP contribution in [0.2, 0.25) is 0 Å². The molecule has 4 rings (SSSR count). The molecule has 8 heteroatoms. The van der Waals surface area contributed by atoms with Gasteiger partial charge in [-0.15, -0.1) is 10.2 Å². The zero-order valence-corrected chi connectivity index (χ0v) is 14.8. The van der Waals surface area contributed by atoms with Crippen LogP contribution >= 0.6 is 0 Å². The van der Waals surface area contributed by atoms with E-state index in [4.69, 9.17) is 0 Å². The lowest BCUT2D eigenvalue weighted by atomic mass is 10.2. The second kappa shape index (κ2) is 6.27. The molecule has 4 heterocycles. The quantitative estimate of drug-likeness (QED) is 0.719. The first-order valence-corrected chi connectivity index (χ1v) is 8.62. The van der Waals surface area contributed by atoms with E-state index in [1.165, 1.54) is 0 Å². The summed E-state index contributed by atoms with van der Waals surface area (Å²) in [5.74, 6) is 3.98. The maximum Gasteiger partial charge on any atom is 0.203 e. The Morgan fingerprint density at radius 1 is 0.960 bits per heavy atom. The van der Waals surface area contributed by atoms with Crippen molar-refractivity contribution in [1.82, 2.24) is 29.5 Å². The van der Waals surface area contributed by atoms with E-state index in [0.717, 1.165) is 55.1 Å². The summed E-state index contributed by atoms with van der Waals surface area (Å²) in [4.78, 5) is 17.8. The van der Waals surface area contributed by atoms with Crippen LogP contribution in [0.5, 0.6) is 0 Å². The highest BCUT2D eigenvalue weighted by Crippen LogP contribution is 2.23. The van der Waals surface area contributed by atoms with Crippen LogP contribution in [0.1, 0.15) is 31.4 Å². The molecular weight excluding hydrogens is 316 g/mol. The number of nitrogens with zero attached hydrogens (tertiary/aromatic N) is 8. The molecule has 3 aromatic rings. The maximum absolute atomic E-state index is 4.57. The highest BCUT2D eigenvalue weighted by Gasteiger charge is 2.22. The second-order valence-electron chi connectivity index (χ2n) is 6.59. The maximum atomic E-state index is 4.57. The third kappa shape index (κ3) is 2.88. The molecule has 0 radical (unpaired) electrons. The van der Waals surface area contributed by atoms with Crippen LogP contribution in [0.4, 0.5) is 11.6 Å². The molecule has 0 N–H and O–H groups in total. The topological polar surface area (TPSA) is 75.3 Å². The third-order valence-corrected chi connectivity index (χ3v) is 4.52. The normalized spacial score (nSPS) is 15.4. The van der Waals surface area contributed by atoms with E-state index in [2.05, 4.69) is 48.8 Å². The first kappa shape index (κ1) is 15.7. The van der Waals surface area contributed by atoms with Crippen molar-refractivity contribution < 1.29 is 0 Å². The van der Waals surface area contributed by atoms with Gasteiger partial charge in [-0.05, 0) is 13.0 Å². The molecule has 25 heavy (non-hydrogen) atoms. The Bertz CT molecular complexity index is 879. The number of aryl methyl sites for hydroxylation is 1. The fourth-order valence-corrected chi connectivity index (χ4v) is 3.22. The Kier molecular flexibility index (Phi) is 3.95. The van der Waals surface area contributed by atoms with Crippen molar-refractivity contribution in [2.45, 2.75) is 26.7 Å². The molecule has 1 aliphatic rings. The SMILES string of the molecule is Cc1nccc(N2CCN(c3nccn4c(C(C)C)nnc34)CC2)n1. The van der Waals surface area contributed by atoms with Crippen molar-refractivity contribution in [3.8, 4) is 0 Å². The predicted octanol–water partition coefficient (Wildman–Crippen LogP) is 1.67. The summed E-state index contributed by atoms with van der Waals surface area (Å²) < 4.78 is 2.05. The third-order valence-electron chi connectivity index (χ3n) is 4.52. The Balaban J connectivity index is 1.56. The van der Waals surface area contributed by atoms with Crippen LogP contribution < -0.4 is 9.80 Å². The van der Waals surface area contributed by atoms with E-state index in [1.807, 2.05) is 36.0 Å². The van der Waals surface area contributed by atoms with Crippen molar-refractivity contribution in [1.29, 1.82) is 0 Å². The average Bonchev–Trinajstić information content (AvgIpc) is 3.06. The molecule has 0 amide bonds. The molecule has 0 spiro atoms. The van der Waals surface area contributed by atoms with Crippen molar-refractivity contribution in [2.75, 3.05) is 36.0 Å². The van der Waals surface area contributed by atoms with Gasteiger partial charge < -0.3 is 9.80 Å². The molecule has 3 aromatic heterocycles. The van der Waals surface area contributed by atoms with E-state index in [9.17, 15) is 0 Å². The van der Waals surface area contributed by atoms with Crippen molar-refractivity contribution in [3.05, 3.63) is 36.3 Å². The van der Waals surface area contributed by atoms with Crippen LogP contribution in [0.25, 0.3) is 5.65 Å². The van der Waals surface area contributed by atoms with Crippen LogP contribution in [-0.2, 0) is 0 Å². The van der Waals surface area contributed by atoms with Gasteiger partial charge >= 0.3 is 0 Å².